The molecule has 3 rings (SSSR count). The third-order valence-electron chi connectivity index (χ3n) is 5.53. The number of rotatable bonds is 9. The van der Waals surface area contributed by atoms with Crippen LogP contribution in [0.1, 0.15) is 23.2 Å². The third-order valence-corrected chi connectivity index (χ3v) is 5.85. The predicted octanol–water partition coefficient (Wildman–Crippen LogP) is 3.58. The highest BCUT2D eigenvalue weighted by Crippen LogP contribution is 2.29. The minimum absolute atomic E-state index is 0.139. The Morgan fingerprint density at radius 2 is 1.89 bits per heavy atom. The first-order chi connectivity index (χ1) is 17.1. The number of nitrogens with zero attached hydrogens (tertiary/aromatic N) is 1. The van der Waals surface area contributed by atoms with E-state index in [1.165, 1.54) is 25.3 Å². The van der Waals surface area contributed by atoms with Crippen LogP contribution in [0.2, 0.25) is 5.02 Å². The van der Waals surface area contributed by atoms with Crippen LogP contribution in [-0.4, -0.2) is 79.8 Å². The second-order valence-corrected chi connectivity index (χ2v) is 8.36. The van der Waals surface area contributed by atoms with Gasteiger partial charge in [-0.2, -0.15) is 0 Å². The van der Waals surface area contributed by atoms with Gasteiger partial charge in [0.25, 0.3) is 5.91 Å². The Morgan fingerprint density at radius 3 is 2.50 bits per heavy atom. The highest BCUT2D eigenvalue weighted by atomic mass is 35.5. The zero-order valence-electron chi connectivity index (χ0n) is 20.1. The number of ether oxygens (including phenoxy) is 3. The number of carbonyl (C=O) groups excluding carboxylic acids is 1. The largest absolute Gasteiger partial charge is 0.503 e. The summed E-state index contributed by atoms with van der Waals surface area (Å²) in [5, 5.41) is 17.3. The second kappa shape index (κ2) is 14.3. The molecule has 0 bridgehead atoms. The molecule has 0 saturated carbocycles. The van der Waals surface area contributed by atoms with Crippen molar-refractivity contribution in [2.24, 2.45) is 0 Å². The van der Waals surface area contributed by atoms with Crippen LogP contribution in [0, 0.1) is 5.82 Å². The van der Waals surface area contributed by atoms with Gasteiger partial charge >= 0.3 is 6.16 Å². The van der Waals surface area contributed by atoms with E-state index in [1.807, 2.05) is 0 Å². The van der Waals surface area contributed by atoms with Gasteiger partial charge in [0.1, 0.15) is 17.3 Å². The van der Waals surface area contributed by atoms with Crippen LogP contribution in [0.5, 0.6) is 11.5 Å². The number of carbonyl (C=O) groups is 2. The van der Waals surface area contributed by atoms with Crippen molar-refractivity contribution in [1.82, 2.24) is 10.2 Å². The highest BCUT2D eigenvalue weighted by molar-refractivity contribution is 6.33. The molecule has 1 heterocycles. The third kappa shape index (κ3) is 9.06. The quantitative estimate of drug-likeness (QED) is 0.284. The summed E-state index contributed by atoms with van der Waals surface area (Å²) in [6.45, 7) is 2.89. The summed E-state index contributed by atoms with van der Waals surface area (Å²) in [7, 11) is 3.13. The number of hydrogen-bond donors (Lipinski definition) is 4. The van der Waals surface area contributed by atoms with E-state index in [-0.39, 0.29) is 23.9 Å². The molecular weight excluding hydrogens is 497 g/mol. The molecule has 0 aliphatic carbocycles. The standard InChI is InChI=1S/C23H29ClFN3O4.CH2O3/c1-30-21-13-19(26)18(24)12-17(21)23(29)27-20-8-10-28(14-22(20)31-2)9-3-11-32-16-6-4-15(25)5-7-16;2-1(3)4/h4-7,12-13,20,22H,3,8-11,14,26H2,1-2H3,(H,27,29);(H2,2,3,4). The van der Waals surface area contributed by atoms with Crippen LogP contribution in [0.15, 0.2) is 36.4 Å². The first kappa shape index (κ1) is 29.0. The maximum Gasteiger partial charge on any atom is 0.503 e. The lowest BCUT2D eigenvalue weighted by atomic mass is 10.0. The first-order valence-corrected chi connectivity index (χ1v) is 11.5. The number of halogens is 2. The van der Waals surface area contributed by atoms with Gasteiger partial charge in [0.05, 0.1) is 42.1 Å². The molecule has 0 spiro atoms. The molecule has 0 aromatic heterocycles. The van der Waals surface area contributed by atoms with Crippen LogP contribution >= 0.6 is 11.6 Å². The lowest BCUT2D eigenvalue weighted by molar-refractivity contribution is 0.00527. The molecule has 1 aliphatic heterocycles. The molecule has 36 heavy (non-hydrogen) atoms. The Labute approximate surface area is 213 Å². The van der Waals surface area contributed by atoms with Crippen molar-refractivity contribution < 1.29 is 38.4 Å². The number of methoxy groups -OCH3 is 2. The van der Waals surface area contributed by atoms with E-state index in [0.29, 0.717) is 40.9 Å². The summed E-state index contributed by atoms with van der Waals surface area (Å²) in [6, 6.07) is 8.92. The molecule has 12 heteroatoms. The van der Waals surface area contributed by atoms with E-state index in [0.717, 1.165) is 25.9 Å². The number of hydrogen-bond acceptors (Lipinski definition) is 7. The van der Waals surface area contributed by atoms with E-state index in [4.69, 9.17) is 46.6 Å². The van der Waals surface area contributed by atoms with Crippen LogP contribution in [0.25, 0.3) is 0 Å². The number of likely N-dealkylation sites (tertiary alicyclic amines) is 1. The molecule has 5 N–H and O–H groups in total. The zero-order valence-corrected chi connectivity index (χ0v) is 20.8. The number of anilines is 1. The topological polar surface area (TPSA) is 144 Å². The van der Waals surface area contributed by atoms with Gasteiger partial charge in [-0.3, -0.25) is 4.79 Å². The first-order valence-electron chi connectivity index (χ1n) is 11.1. The lowest BCUT2D eigenvalue weighted by Crippen LogP contribution is -2.55. The number of nitrogens with one attached hydrogen (secondary N) is 1. The molecule has 2 unspecified atom stereocenters. The smallest absolute Gasteiger partial charge is 0.496 e. The number of piperidine rings is 1. The molecule has 2 atom stereocenters. The number of nitrogen functional groups attached to an aromatic ring is 1. The maximum absolute atomic E-state index is 12.9. The number of amides is 1. The maximum atomic E-state index is 12.9. The monoisotopic (exact) mass is 527 g/mol. The van der Waals surface area contributed by atoms with Gasteiger partial charge < -0.3 is 40.4 Å². The molecular formula is C24H31ClFN3O7. The molecule has 198 valence electrons. The summed E-state index contributed by atoms with van der Waals surface area (Å²) in [4.78, 5) is 23.7. The molecule has 1 fully saturated rings. The molecule has 0 radical (unpaired) electrons. The van der Waals surface area contributed by atoms with E-state index in [1.54, 1.807) is 25.3 Å². The Kier molecular flexibility index (Phi) is 11.5. The fraction of sp³-hybridized carbons (Fsp3) is 0.417. The van der Waals surface area contributed by atoms with Crippen molar-refractivity contribution >= 4 is 29.4 Å². The molecule has 2 aromatic rings. The van der Waals surface area contributed by atoms with Gasteiger partial charge in [-0.1, -0.05) is 11.6 Å². The zero-order chi connectivity index (χ0) is 26.7. The fourth-order valence-corrected chi connectivity index (χ4v) is 3.92. The Morgan fingerprint density at radius 1 is 1.22 bits per heavy atom. The Hall–Kier alpha value is -3.28. The Bertz CT molecular complexity index is 1010. The normalized spacial score (nSPS) is 17.4. The Balaban J connectivity index is 0.00000106. The van der Waals surface area contributed by atoms with Gasteiger partial charge in [0, 0.05) is 32.8 Å². The number of carboxylic acid groups (broad SMARTS) is 2. The van der Waals surface area contributed by atoms with Crippen LogP contribution in [-0.2, 0) is 4.74 Å². The van der Waals surface area contributed by atoms with E-state index in [2.05, 4.69) is 10.2 Å². The lowest BCUT2D eigenvalue weighted by Gasteiger charge is -2.38. The second-order valence-electron chi connectivity index (χ2n) is 7.96. The van der Waals surface area contributed by atoms with E-state index in [9.17, 15) is 9.18 Å². The average Bonchev–Trinajstić information content (AvgIpc) is 2.84. The molecule has 2 aromatic carbocycles. The van der Waals surface area contributed by atoms with Crippen molar-refractivity contribution in [2.45, 2.75) is 25.0 Å². The summed E-state index contributed by atoms with van der Waals surface area (Å²) in [5.41, 5.74) is 6.49. The van der Waals surface area contributed by atoms with E-state index < -0.39 is 6.16 Å². The van der Waals surface area contributed by atoms with Gasteiger partial charge in [-0.15, -0.1) is 0 Å². The van der Waals surface area contributed by atoms with Gasteiger partial charge in [-0.05, 0) is 43.2 Å². The molecule has 10 nitrogen and oxygen atoms in total. The number of benzene rings is 2. The van der Waals surface area contributed by atoms with E-state index >= 15 is 0 Å². The van der Waals surface area contributed by atoms with Gasteiger partial charge in [0.2, 0.25) is 0 Å². The van der Waals surface area contributed by atoms with Crippen molar-refractivity contribution in [2.75, 3.05) is 46.2 Å². The fourth-order valence-electron chi connectivity index (χ4n) is 3.76. The van der Waals surface area contributed by atoms with Crippen LogP contribution in [0.3, 0.4) is 0 Å². The molecule has 1 amide bonds. The average molecular weight is 528 g/mol. The summed E-state index contributed by atoms with van der Waals surface area (Å²) < 4.78 is 29.5. The minimum atomic E-state index is -1.83. The predicted molar refractivity (Wildman–Crippen MR) is 133 cm³/mol. The molecule has 1 aliphatic rings. The van der Waals surface area contributed by atoms with Crippen LogP contribution < -0.4 is 20.5 Å². The summed E-state index contributed by atoms with van der Waals surface area (Å²) >= 11 is 6.09. The summed E-state index contributed by atoms with van der Waals surface area (Å²) in [6.07, 6.45) is -0.416. The number of nitrogens with two attached hydrogens (primary N) is 1. The minimum Gasteiger partial charge on any atom is -0.496 e. The summed E-state index contributed by atoms with van der Waals surface area (Å²) in [5.74, 6) is 0.463. The SMILES string of the molecule is COc1cc(N)c(Cl)cc1C(=O)NC1CCN(CCCOc2ccc(F)cc2)CC1OC.O=C(O)O. The molecule has 1 saturated heterocycles. The van der Waals surface area contributed by atoms with Crippen LogP contribution in [0.4, 0.5) is 14.9 Å². The van der Waals surface area contributed by atoms with Crippen molar-refractivity contribution in [3.05, 3.63) is 52.8 Å². The van der Waals surface area contributed by atoms with Gasteiger partial charge in [0.15, 0.2) is 0 Å². The van der Waals surface area contributed by atoms with Crippen molar-refractivity contribution in [3.63, 3.8) is 0 Å². The van der Waals surface area contributed by atoms with Crippen molar-refractivity contribution in [3.8, 4) is 11.5 Å². The van der Waals surface area contributed by atoms with Gasteiger partial charge in [-0.25, -0.2) is 9.18 Å². The highest BCUT2D eigenvalue weighted by Gasteiger charge is 2.31. The van der Waals surface area contributed by atoms with Crippen molar-refractivity contribution in [1.29, 1.82) is 0 Å².